The first kappa shape index (κ1) is 12.5. The summed E-state index contributed by atoms with van der Waals surface area (Å²) in [5.41, 5.74) is 3.72. The van der Waals surface area contributed by atoms with E-state index in [0.717, 1.165) is 42.5 Å². The Morgan fingerprint density at radius 2 is 2.29 bits per heavy atom. The second-order valence-electron chi connectivity index (χ2n) is 4.56. The minimum Gasteiger partial charge on any atom is -0.493 e. The predicted molar refractivity (Wildman–Crippen MR) is 71.8 cm³/mol. The van der Waals surface area contributed by atoms with Gasteiger partial charge in [0.2, 0.25) is 0 Å². The van der Waals surface area contributed by atoms with E-state index in [1.165, 1.54) is 11.1 Å². The minimum atomic E-state index is 0.774. The smallest absolute Gasteiger partial charge is 0.127 e. The molecule has 3 heteroatoms. The van der Waals surface area contributed by atoms with E-state index in [1.54, 1.807) is 0 Å². The summed E-state index contributed by atoms with van der Waals surface area (Å²) in [5.74, 6) is 1.03. The molecule has 0 atom stereocenters. The number of benzene rings is 1. The van der Waals surface area contributed by atoms with E-state index in [1.807, 2.05) is 12.1 Å². The highest BCUT2D eigenvalue weighted by atomic mass is 35.5. The zero-order valence-electron chi connectivity index (χ0n) is 10.3. The molecule has 0 aliphatic carbocycles. The zero-order valence-corrected chi connectivity index (χ0v) is 11.1. The van der Waals surface area contributed by atoms with Gasteiger partial charge < -0.3 is 10.1 Å². The van der Waals surface area contributed by atoms with Crippen LogP contribution in [0.15, 0.2) is 23.8 Å². The molecule has 2 rings (SSSR count). The SMILES string of the molecule is CC(C)=CCNCc1cc(Cl)cc2c1OCC2. The summed E-state index contributed by atoms with van der Waals surface area (Å²) < 4.78 is 5.65. The highest BCUT2D eigenvalue weighted by Crippen LogP contribution is 2.32. The van der Waals surface area contributed by atoms with Gasteiger partial charge in [-0.05, 0) is 31.5 Å². The number of ether oxygens (including phenoxy) is 1. The van der Waals surface area contributed by atoms with Gasteiger partial charge in [0.1, 0.15) is 5.75 Å². The highest BCUT2D eigenvalue weighted by Gasteiger charge is 2.16. The fourth-order valence-corrected chi connectivity index (χ4v) is 2.22. The number of hydrogen-bond acceptors (Lipinski definition) is 2. The number of fused-ring (bicyclic) bond motifs is 1. The predicted octanol–water partition coefficient (Wildman–Crippen LogP) is 3.33. The molecule has 0 saturated carbocycles. The van der Waals surface area contributed by atoms with Crippen molar-refractivity contribution in [2.45, 2.75) is 26.8 Å². The first-order valence-corrected chi connectivity index (χ1v) is 6.33. The first-order chi connectivity index (χ1) is 8.16. The number of rotatable bonds is 4. The Hall–Kier alpha value is -0.990. The molecule has 92 valence electrons. The number of halogens is 1. The van der Waals surface area contributed by atoms with Crippen molar-refractivity contribution in [3.63, 3.8) is 0 Å². The van der Waals surface area contributed by atoms with E-state index in [0.29, 0.717) is 0 Å². The number of hydrogen-bond donors (Lipinski definition) is 1. The molecule has 0 aromatic heterocycles. The summed E-state index contributed by atoms with van der Waals surface area (Å²) in [6, 6.07) is 3.99. The fourth-order valence-electron chi connectivity index (χ4n) is 1.96. The van der Waals surface area contributed by atoms with Crippen LogP contribution in [0.1, 0.15) is 25.0 Å². The van der Waals surface area contributed by atoms with Gasteiger partial charge >= 0.3 is 0 Å². The van der Waals surface area contributed by atoms with Crippen LogP contribution in [0.25, 0.3) is 0 Å². The average Bonchev–Trinajstić information content (AvgIpc) is 2.71. The summed E-state index contributed by atoms with van der Waals surface area (Å²) in [7, 11) is 0. The van der Waals surface area contributed by atoms with Gasteiger partial charge in [0.05, 0.1) is 6.61 Å². The van der Waals surface area contributed by atoms with Crippen molar-refractivity contribution in [1.82, 2.24) is 5.32 Å². The molecule has 0 fully saturated rings. The first-order valence-electron chi connectivity index (χ1n) is 5.95. The molecule has 17 heavy (non-hydrogen) atoms. The Bertz CT molecular complexity index is 436. The van der Waals surface area contributed by atoms with Crippen molar-refractivity contribution in [1.29, 1.82) is 0 Å². The lowest BCUT2D eigenvalue weighted by Crippen LogP contribution is -2.13. The molecule has 2 nitrogen and oxygen atoms in total. The van der Waals surface area contributed by atoms with Crippen LogP contribution in [0.2, 0.25) is 5.02 Å². The largest absolute Gasteiger partial charge is 0.493 e. The van der Waals surface area contributed by atoms with Gasteiger partial charge in [-0.15, -0.1) is 0 Å². The van der Waals surface area contributed by atoms with Gasteiger partial charge in [0, 0.05) is 30.1 Å². The van der Waals surface area contributed by atoms with Crippen molar-refractivity contribution < 1.29 is 4.74 Å². The third kappa shape index (κ3) is 3.24. The summed E-state index contributed by atoms with van der Waals surface area (Å²) in [6.45, 7) is 6.65. The normalized spacial score (nSPS) is 13.1. The second kappa shape index (κ2) is 5.56. The lowest BCUT2D eigenvalue weighted by atomic mass is 10.1. The minimum absolute atomic E-state index is 0.774. The molecule has 0 bridgehead atoms. The molecule has 0 radical (unpaired) electrons. The Kier molecular flexibility index (Phi) is 4.08. The lowest BCUT2D eigenvalue weighted by molar-refractivity contribution is 0.352. The molecule has 0 amide bonds. The van der Waals surface area contributed by atoms with E-state index in [9.17, 15) is 0 Å². The van der Waals surface area contributed by atoms with Gasteiger partial charge in [-0.25, -0.2) is 0 Å². The standard InChI is InChI=1S/C14H18ClNO/c1-10(2)3-5-16-9-12-8-13(15)7-11-4-6-17-14(11)12/h3,7-8,16H,4-6,9H2,1-2H3. The number of nitrogens with one attached hydrogen (secondary N) is 1. The molecule has 1 aliphatic heterocycles. The molecule has 1 aliphatic rings. The fraction of sp³-hybridized carbons (Fsp3) is 0.429. The highest BCUT2D eigenvalue weighted by molar-refractivity contribution is 6.30. The van der Waals surface area contributed by atoms with Crippen LogP contribution in [0.5, 0.6) is 5.75 Å². The summed E-state index contributed by atoms with van der Waals surface area (Å²) in [6.07, 6.45) is 3.14. The van der Waals surface area contributed by atoms with Crippen molar-refractivity contribution >= 4 is 11.6 Å². The van der Waals surface area contributed by atoms with Gasteiger partial charge in [-0.2, -0.15) is 0 Å². The van der Waals surface area contributed by atoms with Crippen LogP contribution >= 0.6 is 11.6 Å². The van der Waals surface area contributed by atoms with Gasteiger partial charge in [-0.1, -0.05) is 23.3 Å². The van der Waals surface area contributed by atoms with E-state index in [2.05, 4.69) is 25.2 Å². The van der Waals surface area contributed by atoms with Crippen molar-refractivity contribution in [3.05, 3.63) is 39.9 Å². The summed E-state index contributed by atoms with van der Waals surface area (Å²) in [5, 5.41) is 4.17. The van der Waals surface area contributed by atoms with E-state index in [-0.39, 0.29) is 0 Å². The average molecular weight is 252 g/mol. The number of allylic oxidation sites excluding steroid dienone is 1. The van der Waals surface area contributed by atoms with Crippen molar-refractivity contribution in [2.24, 2.45) is 0 Å². The molecule has 1 aromatic carbocycles. The summed E-state index contributed by atoms with van der Waals surface area (Å²) in [4.78, 5) is 0. The van der Waals surface area contributed by atoms with E-state index < -0.39 is 0 Å². The Balaban J connectivity index is 2.03. The van der Waals surface area contributed by atoms with Crippen LogP contribution in [0.3, 0.4) is 0 Å². The van der Waals surface area contributed by atoms with Crippen molar-refractivity contribution in [3.8, 4) is 5.75 Å². The zero-order chi connectivity index (χ0) is 12.3. The molecule has 1 aromatic rings. The van der Waals surface area contributed by atoms with Gasteiger partial charge in [0.15, 0.2) is 0 Å². The molecule has 1 heterocycles. The molecule has 0 unspecified atom stereocenters. The van der Waals surface area contributed by atoms with Crippen LogP contribution < -0.4 is 10.1 Å². The van der Waals surface area contributed by atoms with E-state index >= 15 is 0 Å². The Labute approximate surface area is 108 Å². The molecule has 1 N–H and O–H groups in total. The van der Waals surface area contributed by atoms with Crippen LogP contribution in [-0.2, 0) is 13.0 Å². The van der Waals surface area contributed by atoms with Gasteiger partial charge in [-0.3, -0.25) is 0 Å². The maximum Gasteiger partial charge on any atom is 0.127 e. The molecular weight excluding hydrogens is 234 g/mol. The van der Waals surface area contributed by atoms with Crippen LogP contribution in [-0.4, -0.2) is 13.2 Å². The topological polar surface area (TPSA) is 21.3 Å². The van der Waals surface area contributed by atoms with Gasteiger partial charge in [0.25, 0.3) is 0 Å². The molecular formula is C14H18ClNO. The third-order valence-corrected chi connectivity index (χ3v) is 3.01. The van der Waals surface area contributed by atoms with Crippen molar-refractivity contribution in [2.75, 3.05) is 13.2 Å². The molecule has 0 saturated heterocycles. The monoisotopic (exact) mass is 251 g/mol. The summed E-state index contributed by atoms with van der Waals surface area (Å²) >= 11 is 6.10. The van der Waals surface area contributed by atoms with Crippen LogP contribution in [0.4, 0.5) is 0 Å². The third-order valence-electron chi connectivity index (χ3n) is 2.80. The Morgan fingerprint density at radius 1 is 1.47 bits per heavy atom. The second-order valence-corrected chi connectivity index (χ2v) is 5.00. The Morgan fingerprint density at radius 3 is 3.06 bits per heavy atom. The lowest BCUT2D eigenvalue weighted by Gasteiger charge is -2.09. The maximum atomic E-state index is 6.10. The van der Waals surface area contributed by atoms with Crippen LogP contribution in [0, 0.1) is 0 Å². The quantitative estimate of drug-likeness (QED) is 0.655. The maximum absolute atomic E-state index is 6.10. The van der Waals surface area contributed by atoms with E-state index in [4.69, 9.17) is 16.3 Å². The molecule has 0 spiro atoms.